The summed E-state index contributed by atoms with van der Waals surface area (Å²) in [5, 5.41) is 0. The van der Waals surface area contributed by atoms with E-state index in [2.05, 4.69) is 4.90 Å². The number of hydrogen-bond acceptors (Lipinski definition) is 7. The summed E-state index contributed by atoms with van der Waals surface area (Å²) in [5.74, 6) is -1.78. The summed E-state index contributed by atoms with van der Waals surface area (Å²) in [6.45, 7) is 6.13. The topological polar surface area (TPSA) is 85.4 Å². The van der Waals surface area contributed by atoms with E-state index in [0.717, 1.165) is 25.2 Å². The van der Waals surface area contributed by atoms with Crippen molar-refractivity contribution < 1.29 is 28.6 Å². The molecule has 0 spiro atoms. The van der Waals surface area contributed by atoms with Crippen molar-refractivity contribution in [1.29, 1.82) is 0 Å². The number of carbonyl (C=O) groups excluding carboxylic acids is 3. The van der Waals surface area contributed by atoms with Crippen LogP contribution in [0.2, 0.25) is 0 Å². The monoisotopic (exact) mass is 480 g/mol. The van der Waals surface area contributed by atoms with Gasteiger partial charge in [0.25, 0.3) is 5.91 Å². The van der Waals surface area contributed by atoms with Gasteiger partial charge in [0.1, 0.15) is 17.4 Å². The molecular formula is C27H32N2O6. The van der Waals surface area contributed by atoms with Crippen LogP contribution in [0.15, 0.2) is 42.5 Å². The summed E-state index contributed by atoms with van der Waals surface area (Å²) < 4.78 is 16.4. The molecule has 2 aromatic carbocycles. The van der Waals surface area contributed by atoms with E-state index in [-0.39, 0.29) is 5.78 Å². The van der Waals surface area contributed by atoms with Crippen molar-refractivity contribution in [2.45, 2.75) is 19.4 Å². The van der Waals surface area contributed by atoms with Crippen LogP contribution in [0.1, 0.15) is 33.9 Å². The third-order valence-corrected chi connectivity index (χ3v) is 6.76. The van der Waals surface area contributed by atoms with E-state index in [9.17, 15) is 14.4 Å². The Hall–Kier alpha value is -3.23. The number of amides is 1. The van der Waals surface area contributed by atoms with Crippen LogP contribution in [0, 0.1) is 12.8 Å². The van der Waals surface area contributed by atoms with Gasteiger partial charge in [-0.3, -0.25) is 19.3 Å². The van der Waals surface area contributed by atoms with Gasteiger partial charge < -0.3 is 19.1 Å². The van der Waals surface area contributed by atoms with E-state index in [4.69, 9.17) is 14.2 Å². The smallest absolute Gasteiger partial charge is 0.291 e. The maximum Gasteiger partial charge on any atom is 0.291 e. The van der Waals surface area contributed by atoms with Crippen LogP contribution in [0.4, 0.5) is 0 Å². The Bertz CT molecular complexity index is 1080. The molecule has 0 bridgehead atoms. The van der Waals surface area contributed by atoms with Crippen LogP contribution >= 0.6 is 0 Å². The Kier molecular flexibility index (Phi) is 7.83. The lowest BCUT2D eigenvalue weighted by atomic mass is 9.85. The summed E-state index contributed by atoms with van der Waals surface area (Å²) in [7, 11) is 3.08. The van der Waals surface area contributed by atoms with E-state index >= 15 is 0 Å². The predicted molar refractivity (Wildman–Crippen MR) is 130 cm³/mol. The zero-order valence-electron chi connectivity index (χ0n) is 20.5. The molecule has 0 saturated carbocycles. The molecule has 0 radical (unpaired) electrons. The summed E-state index contributed by atoms with van der Waals surface area (Å²) >= 11 is 0. The molecule has 35 heavy (non-hydrogen) atoms. The second-order valence-electron chi connectivity index (χ2n) is 8.93. The first-order chi connectivity index (χ1) is 16.9. The molecule has 2 fully saturated rings. The number of hydrogen-bond donors (Lipinski definition) is 0. The summed E-state index contributed by atoms with van der Waals surface area (Å²) in [6.07, 6.45) is 0.674. The van der Waals surface area contributed by atoms with Crippen LogP contribution < -0.4 is 9.47 Å². The molecule has 8 nitrogen and oxygen atoms in total. The van der Waals surface area contributed by atoms with Crippen molar-refractivity contribution in [3.8, 4) is 11.5 Å². The highest BCUT2D eigenvalue weighted by Crippen LogP contribution is 2.43. The number of rotatable bonds is 9. The minimum Gasteiger partial charge on any atom is -0.497 e. The molecule has 2 unspecified atom stereocenters. The van der Waals surface area contributed by atoms with Gasteiger partial charge in [-0.1, -0.05) is 29.8 Å². The maximum atomic E-state index is 13.6. The van der Waals surface area contributed by atoms with Gasteiger partial charge >= 0.3 is 0 Å². The number of likely N-dealkylation sites (tertiary alicyclic amines) is 1. The molecular weight excluding hydrogens is 448 g/mol. The van der Waals surface area contributed by atoms with Gasteiger partial charge in [0.05, 0.1) is 33.5 Å². The van der Waals surface area contributed by atoms with Crippen molar-refractivity contribution in [3.63, 3.8) is 0 Å². The van der Waals surface area contributed by atoms with Crippen LogP contribution in [0.25, 0.3) is 0 Å². The maximum absolute atomic E-state index is 13.6. The lowest BCUT2D eigenvalue weighted by Gasteiger charge is -2.30. The molecule has 8 heteroatoms. The molecule has 2 aliphatic heterocycles. The first-order valence-corrected chi connectivity index (χ1v) is 11.9. The number of ketones is 2. The summed E-state index contributed by atoms with van der Waals surface area (Å²) in [6, 6.07) is 11.5. The number of ether oxygens (including phenoxy) is 3. The van der Waals surface area contributed by atoms with Crippen molar-refractivity contribution in [2.75, 3.05) is 53.6 Å². The van der Waals surface area contributed by atoms with E-state index < -0.39 is 23.7 Å². The molecule has 186 valence electrons. The largest absolute Gasteiger partial charge is 0.497 e. The van der Waals surface area contributed by atoms with Crippen molar-refractivity contribution in [1.82, 2.24) is 9.80 Å². The Morgan fingerprint density at radius 3 is 2.37 bits per heavy atom. The molecule has 0 aromatic heterocycles. The Labute approximate surface area is 205 Å². The Morgan fingerprint density at radius 1 is 1.00 bits per heavy atom. The second-order valence-corrected chi connectivity index (χ2v) is 8.93. The van der Waals surface area contributed by atoms with E-state index in [1.54, 1.807) is 37.4 Å². The predicted octanol–water partition coefficient (Wildman–Crippen LogP) is 2.69. The Balaban J connectivity index is 1.69. The lowest BCUT2D eigenvalue weighted by Crippen LogP contribution is -2.39. The van der Waals surface area contributed by atoms with Gasteiger partial charge in [0.15, 0.2) is 5.78 Å². The number of aryl methyl sites for hydroxylation is 1. The highest BCUT2D eigenvalue weighted by atomic mass is 16.5. The first kappa shape index (κ1) is 24.9. The average Bonchev–Trinajstić information content (AvgIpc) is 3.14. The number of morpholine rings is 1. The SMILES string of the molecule is COc1ccc(OC)c(C2C(C(=O)c3ccc(C)cc3)C(=O)C(=O)N2CCCN2CCOCC2)c1. The highest BCUT2D eigenvalue weighted by Gasteiger charge is 2.52. The molecule has 0 N–H and O–H groups in total. The second kappa shape index (κ2) is 11.0. The zero-order valence-corrected chi connectivity index (χ0v) is 20.5. The van der Waals surface area contributed by atoms with E-state index in [1.165, 1.54) is 12.0 Å². The Morgan fingerprint density at radius 2 is 1.71 bits per heavy atom. The third-order valence-electron chi connectivity index (χ3n) is 6.76. The van der Waals surface area contributed by atoms with Crippen LogP contribution in [0.5, 0.6) is 11.5 Å². The van der Waals surface area contributed by atoms with Gasteiger partial charge in [-0.25, -0.2) is 0 Å². The highest BCUT2D eigenvalue weighted by molar-refractivity contribution is 6.44. The number of carbonyl (C=O) groups is 3. The fourth-order valence-corrected chi connectivity index (χ4v) is 4.83. The quantitative estimate of drug-likeness (QED) is 0.310. The van der Waals surface area contributed by atoms with Crippen LogP contribution in [-0.2, 0) is 14.3 Å². The van der Waals surface area contributed by atoms with Crippen LogP contribution in [-0.4, -0.2) is 80.9 Å². The number of nitrogens with zero attached hydrogens (tertiary/aromatic N) is 2. The lowest BCUT2D eigenvalue weighted by molar-refractivity contribution is -0.140. The standard InChI is InChI=1S/C27H32N2O6/c1-18-5-7-19(8-6-18)25(30)23-24(21-17-20(33-2)9-10-22(21)34-3)29(27(32)26(23)31)12-4-11-28-13-15-35-16-14-28/h5-10,17,23-24H,4,11-16H2,1-3H3. The molecule has 2 aromatic rings. The number of benzene rings is 2. The molecule has 2 heterocycles. The summed E-state index contributed by atoms with van der Waals surface area (Å²) in [4.78, 5) is 44.0. The molecule has 4 rings (SSSR count). The van der Waals surface area contributed by atoms with E-state index in [0.29, 0.717) is 48.8 Å². The number of Topliss-reactive ketones (excluding diaryl/α,β-unsaturated/α-hetero) is 2. The van der Waals surface area contributed by atoms with Crippen LogP contribution in [0.3, 0.4) is 0 Å². The van der Waals surface area contributed by atoms with Gasteiger partial charge in [-0.05, 0) is 31.5 Å². The van der Waals surface area contributed by atoms with Crippen molar-refractivity contribution in [2.24, 2.45) is 5.92 Å². The zero-order chi connectivity index (χ0) is 24.9. The average molecular weight is 481 g/mol. The molecule has 0 aliphatic carbocycles. The van der Waals surface area contributed by atoms with Gasteiger partial charge in [-0.2, -0.15) is 0 Å². The first-order valence-electron chi connectivity index (χ1n) is 11.9. The van der Waals surface area contributed by atoms with Crippen molar-refractivity contribution >= 4 is 17.5 Å². The van der Waals surface area contributed by atoms with Gasteiger partial charge in [0, 0.05) is 37.3 Å². The number of methoxy groups -OCH3 is 2. The minimum absolute atomic E-state index is 0.352. The molecule has 2 atom stereocenters. The fraction of sp³-hybridized carbons (Fsp3) is 0.444. The third kappa shape index (κ3) is 5.23. The van der Waals surface area contributed by atoms with E-state index in [1.807, 2.05) is 19.1 Å². The van der Waals surface area contributed by atoms with Gasteiger partial charge in [-0.15, -0.1) is 0 Å². The normalized spacial score (nSPS) is 20.8. The molecule has 1 amide bonds. The fourth-order valence-electron chi connectivity index (χ4n) is 4.83. The molecule has 2 aliphatic rings. The summed E-state index contributed by atoms with van der Waals surface area (Å²) in [5.41, 5.74) is 2.00. The molecule has 2 saturated heterocycles. The van der Waals surface area contributed by atoms with Gasteiger partial charge in [0.2, 0.25) is 5.78 Å². The van der Waals surface area contributed by atoms with Crippen molar-refractivity contribution in [3.05, 3.63) is 59.2 Å². The minimum atomic E-state index is -1.16.